The fourth-order valence-electron chi connectivity index (χ4n) is 8.74. The van der Waals surface area contributed by atoms with E-state index in [1.807, 2.05) is 55.9 Å². The highest BCUT2D eigenvalue weighted by atomic mass is 32.1. The van der Waals surface area contributed by atoms with E-state index in [-0.39, 0.29) is 43.9 Å². The number of thiazole rings is 1. The number of carbonyl (C=O) groups excluding carboxylic acids is 2. The van der Waals surface area contributed by atoms with Crippen LogP contribution in [0.1, 0.15) is 50.6 Å². The number of anilines is 2. The third-order valence-electron chi connectivity index (χ3n) is 12.7. The van der Waals surface area contributed by atoms with Gasteiger partial charge in [0.15, 0.2) is 11.4 Å². The van der Waals surface area contributed by atoms with Crippen molar-refractivity contribution in [1.82, 2.24) is 39.7 Å². The molecule has 0 spiro atoms. The molecule has 3 N–H and O–H groups in total. The molecule has 17 heteroatoms. The number of hydrogen-bond acceptors (Lipinski definition) is 15. The first kappa shape index (κ1) is 47.5. The number of nitrogens with one attached hydrogen (secondary N) is 2. The summed E-state index contributed by atoms with van der Waals surface area (Å²) in [5.74, 6) is 0.572. The van der Waals surface area contributed by atoms with E-state index in [0.29, 0.717) is 44.4 Å². The van der Waals surface area contributed by atoms with Crippen molar-refractivity contribution in [3.63, 3.8) is 0 Å². The molecule has 6 heterocycles. The maximum atomic E-state index is 14.2. The Bertz CT molecular complexity index is 2560. The number of Topliss-reactive ketones (excluding diaryl/α,β-unsaturated/α-hetero) is 1. The molecule has 0 bridgehead atoms. The van der Waals surface area contributed by atoms with E-state index in [2.05, 4.69) is 95.7 Å². The Labute approximate surface area is 396 Å². The summed E-state index contributed by atoms with van der Waals surface area (Å²) in [6.07, 6.45) is 4.90. The molecule has 8 rings (SSSR count). The maximum Gasteiger partial charge on any atom is 0.227 e. The summed E-state index contributed by atoms with van der Waals surface area (Å²) in [5, 5.41) is 25.9. The van der Waals surface area contributed by atoms with Gasteiger partial charge in [-0.25, -0.2) is 9.97 Å². The first-order chi connectivity index (χ1) is 32.4. The molecule has 6 aromatic rings. The fourth-order valence-corrected chi connectivity index (χ4v) is 9.55. The normalized spacial score (nSPS) is 17.3. The molecular formula is C50H62N10O6S. The number of aliphatic hydroxyl groups is 1. The predicted molar refractivity (Wildman–Crippen MR) is 260 cm³/mol. The van der Waals surface area contributed by atoms with Crippen molar-refractivity contribution >= 4 is 40.3 Å². The summed E-state index contributed by atoms with van der Waals surface area (Å²) in [6.45, 7) is 19.0. The summed E-state index contributed by atoms with van der Waals surface area (Å²) in [7, 11) is 0. The average Bonchev–Trinajstić information content (AvgIpc) is 4.18. The van der Waals surface area contributed by atoms with Gasteiger partial charge >= 0.3 is 0 Å². The molecule has 4 aromatic heterocycles. The fraction of sp³-hybridized carbons (Fsp3) is 0.440. The number of rotatable bonds is 21. The van der Waals surface area contributed by atoms with Gasteiger partial charge in [-0.2, -0.15) is 0 Å². The number of likely N-dealkylation sites (tertiary alicyclic amines) is 1. The number of aromatic nitrogens is 5. The van der Waals surface area contributed by atoms with Crippen molar-refractivity contribution in [3.8, 4) is 21.6 Å². The third-order valence-corrected chi connectivity index (χ3v) is 13.6. The van der Waals surface area contributed by atoms with Gasteiger partial charge in [-0.15, -0.1) is 21.5 Å². The molecular weight excluding hydrogens is 869 g/mol. The molecule has 3 atom stereocenters. The molecule has 354 valence electrons. The largest absolute Gasteiger partial charge is 0.467 e. The SMILES string of the molecule is C=C(NCc1ccc(-c2scnc2C)cc1)[C@@H]1C[C@@H](O)CN1C(=O)[C@H](CC(=O)COCCOCCN1CCN(c2ccc(-c3cnc(NCc4ccco4)n4cnnc34)cc2)CC1)C(C)(C)C. The van der Waals surface area contributed by atoms with E-state index in [0.717, 1.165) is 77.0 Å². The summed E-state index contributed by atoms with van der Waals surface area (Å²) in [6, 6.07) is 20.2. The Morgan fingerprint density at radius 2 is 1.73 bits per heavy atom. The van der Waals surface area contributed by atoms with Crippen molar-refractivity contribution in [2.24, 2.45) is 11.3 Å². The van der Waals surface area contributed by atoms with Gasteiger partial charge in [0.25, 0.3) is 0 Å². The molecule has 2 fully saturated rings. The number of ether oxygens (including phenoxy) is 2. The van der Waals surface area contributed by atoms with Crippen molar-refractivity contribution in [3.05, 3.63) is 114 Å². The second kappa shape index (κ2) is 21.8. The first-order valence-corrected chi connectivity index (χ1v) is 23.9. The van der Waals surface area contributed by atoms with Crippen LogP contribution in [-0.4, -0.2) is 129 Å². The molecule has 2 aliphatic heterocycles. The number of β-amino-alcohol motifs (C(OH)–C–C–N with tert-alkyl or cyclic N) is 1. The van der Waals surface area contributed by atoms with E-state index in [9.17, 15) is 14.7 Å². The number of piperazine rings is 1. The molecule has 0 unspecified atom stereocenters. The van der Waals surface area contributed by atoms with Gasteiger partial charge in [-0.05, 0) is 53.3 Å². The number of ketones is 1. The number of aliphatic hydroxyl groups excluding tert-OH is 1. The van der Waals surface area contributed by atoms with Gasteiger partial charge < -0.3 is 39.4 Å². The molecule has 1 amide bonds. The molecule has 16 nitrogen and oxygen atoms in total. The zero-order chi connectivity index (χ0) is 46.9. The number of carbonyl (C=O) groups is 2. The van der Waals surface area contributed by atoms with E-state index >= 15 is 0 Å². The minimum atomic E-state index is -0.673. The topological polar surface area (TPSA) is 176 Å². The van der Waals surface area contributed by atoms with Crippen molar-refractivity contribution < 1.29 is 28.6 Å². The van der Waals surface area contributed by atoms with Gasteiger partial charge in [0, 0.05) is 87.7 Å². The summed E-state index contributed by atoms with van der Waals surface area (Å²) in [5.41, 5.74) is 9.05. The van der Waals surface area contributed by atoms with Crippen LogP contribution in [0.25, 0.3) is 27.2 Å². The van der Waals surface area contributed by atoms with Crippen LogP contribution < -0.4 is 15.5 Å². The minimum absolute atomic E-state index is 0.0497. The Balaban J connectivity index is 0.721. The van der Waals surface area contributed by atoms with Crippen LogP contribution in [0.2, 0.25) is 0 Å². The number of hydrogen-bond donors (Lipinski definition) is 3. The number of benzene rings is 2. The number of amides is 1. The second-order valence-corrected chi connectivity index (χ2v) is 19.2. The lowest BCUT2D eigenvalue weighted by atomic mass is 9.77. The highest BCUT2D eigenvalue weighted by molar-refractivity contribution is 7.13. The molecule has 0 saturated carbocycles. The monoisotopic (exact) mass is 930 g/mol. The van der Waals surface area contributed by atoms with Crippen LogP contribution in [0.3, 0.4) is 0 Å². The summed E-state index contributed by atoms with van der Waals surface area (Å²) < 4.78 is 18.9. The molecule has 2 aromatic carbocycles. The molecule has 0 radical (unpaired) electrons. The van der Waals surface area contributed by atoms with Crippen molar-refractivity contribution in [1.29, 1.82) is 0 Å². The van der Waals surface area contributed by atoms with Gasteiger partial charge in [-0.1, -0.05) is 63.7 Å². The molecule has 67 heavy (non-hydrogen) atoms. The number of nitrogens with zero attached hydrogens (tertiary/aromatic N) is 8. The number of aryl methyl sites for hydroxylation is 1. The Kier molecular flexibility index (Phi) is 15.4. The van der Waals surface area contributed by atoms with Crippen LogP contribution in [-0.2, 0) is 32.2 Å². The van der Waals surface area contributed by atoms with Gasteiger partial charge in [-0.3, -0.25) is 18.9 Å². The standard InChI is InChI=1S/C50H62N10O6S/c1-34(51-27-36-8-10-38(11-9-36)46-35(2)54-33-67-46)45-26-40(61)30-59(45)48(63)44(50(3,4)5)25-41(62)31-65-24-23-64-22-20-57-16-18-58(19-17-57)39-14-12-37(13-15-39)43-29-53-49(60-32-55-56-47(43)60)52-28-42-7-6-21-66-42/h6-15,21,29,32-33,40,44-45,51,61H,1,16-20,22-28,30-31H2,2-5H3,(H,52,53)/t40-,44+,45+/m1/s1. The van der Waals surface area contributed by atoms with Crippen LogP contribution in [0.4, 0.5) is 11.6 Å². The van der Waals surface area contributed by atoms with E-state index in [4.69, 9.17) is 13.9 Å². The van der Waals surface area contributed by atoms with Crippen molar-refractivity contribution in [2.75, 3.05) is 75.9 Å². The van der Waals surface area contributed by atoms with E-state index < -0.39 is 17.4 Å². The van der Waals surface area contributed by atoms with Crippen LogP contribution in [0, 0.1) is 18.3 Å². The molecule has 2 aliphatic rings. The lowest BCUT2D eigenvalue weighted by Crippen LogP contribution is -2.47. The predicted octanol–water partition coefficient (Wildman–Crippen LogP) is 6.47. The highest BCUT2D eigenvalue weighted by Crippen LogP contribution is 2.35. The van der Waals surface area contributed by atoms with E-state index in [1.54, 1.807) is 28.8 Å². The summed E-state index contributed by atoms with van der Waals surface area (Å²) >= 11 is 1.62. The second-order valence-electron chi connectivity index (χ2n) is 18.4. The Morgan fingerprint density at radius 3 is 2.45 bits per heavy atom. The quantitative estimate of drug-likeness (QED) is 0.0670. The van der Waals surface area contributed by atoms with E-state index in [1.165, 1.54) is 5.69 Å². The Morgan fingerprint density at radius 1 is 0.970 bits per heavy atom. The number of fused-ring (bicyclic) bond motifs is 1. The van der Waals surface area contributed by atoms with Gasteiger partial charge in [0.2, 0.25) is 11.9 Å². The summed E-state index contributed by atoms with van der Waals surface area (Å²) in [4.78, 5) is 44.0. The Hall–Kier alpha value is -5.98. The van der Waals surface area contributed by atoms with Crippen LogP contribution in [0.15, 0.2) is 102 Å². The lowest BCUT2D eigenvalue weighted by molar-refractivity contribution is -0.143. The smallest absolute Gasteiger partial charge is 0.227 e. The number of furan rings is 1. The highest BCUT2D eigenvalue weighted by Gasteiger charge is 2.43. The minimum Gasteiger partial charge on any atom is -0.467 e. The zero-order valence-corrected chi connectivity index (χ0v) is 39.7. The lowest BCUT2D eigenvalue weighted by Gasteiger charge is -2.36. The average molecular weight is 931 g/mol. The zero-order valence-electron chi connectivity index (χ0n) is 38.9. The maximum absolute atomic E-state index is 14.2. The van der Waals surface area contributed by atoms with Crippen molar-refractivity contribution in [2.45, 2.75) is 65.8 Å². The first-order valence-electron chi connectivity index (χ1n) is 23.0. The van der Waals surface area contributed by atoms with Crippen LogP contribution in [0.5, 0.6) is 0 Å². The third kappa shape index (κ3) is 12.0. The van der Waals surface area contributed by atoms with Crippen LogP contribution >= 0.6 is 11.3 Å². The molecule has 0 aliphatic carbocycles. The van der Waals surface area contributed by atoms with Gasteiger partial charge in [0.1, 0.15) is 18.7 Å². The molecule has 2 saturated heterocycles. The van der Waals surface area contributed by atoms with Gasteiger partial charge in [0.05, 0.1) is 60.9 Å².